The molecule has 2 saturated heterocycles. The van der Waals surface area contributed by atoms with Gasteiger partial charge in [0.1, 0.15) is 0 Å². The molecule has 0 radical (unpaired) electrons. The maximum absolute atomic E-state index is 6.02. The van der Waals surface area contributed by atoms with Crippen LogP contribution >= 0.6 is 0 Å². The number of hydrogen-bond donors (Lipinski definition) is 0. The molecule has 3 rings (SSSR count). The smallest absolute Gasteiger partial charge is 0.0987 e. The summed E-state index contributed by atoms with van der Waals surface area (Å²) < 4.78 is 13.8. The second-order valence-corrected chi connectivity index (χ2v) is 5.72. The summed E-state index contributed by atoms with van der Waals surface area (Å²) in [7, 11) is 3.85. The number of likely N-dealkylation sites (tertiary alicyclic amines) is 1. The minimum absolute atomic E-state index is 0.0162. The Morgan fingerprint density at radius 2 is 2.42 bits per heavy atom. The molecule has 1 aromatic rings. The van der Waals surface area contributed by atoms with Crippen LogP contribution in [0.15, 0.2) is 12.5 Å². The number of methoxy groups -OCH3 is 1. The van der Waals surface area contributed by atoms with Crippen LogP contribution in [0.4, 0.5) is 0 Å². The van der Waals surface area contributed by atoms with Crippen molar-refractivity contribution in [1.29, 1.82) is 0 Å². The molecule has 5 nitrogen and oxygen atoms in total. The molecule has 0 amide bonds. The molecule has 0 aromatic carbocycles. The van der Waals surface area contributed by atoms with E-state index in [2.05, 4.69) is 14.5 Å². The van der Waals surface area contributed by atoms with Gasteiger partial charge in [0.15, 0.2) is 0 Å². The third-order valence-electron chi connectivity index (χ3n) is 4.58. The molecule has 0 bridgehead atoms. The van der Waals surface area contributed by atoms with Crippen LogP contribution in [0.2, 0.25) is 0 Å². The Labute approximate surface area is 114 Å². The van der Waals surface area contributed by atoms with Crippen molar-refractivity contribution in [3.63, 3.8) is 0 Å². The molecule has 1 spiro atoms. The summed E-state index contributed by atoms with van der Waals surface area (Å²) in [5.74, 6) is 0. The summed E-state index contributed by atoms with van der Waals surface area (Å²) in [6, 6.07) is 0. The molecule has 3 heterocycles. The lowest BCUT2D eigenvalue weighted by Gasteiger charge is -2.44. The van der Waals surface area contributed by atoms with Gasteiger partial charge in [0.25, 0.3) is 0 Å². The summed E-state index contributed by atoms with van der Waals surface area (Å²) >= 11 is 0. The van der Waals surface area contributed by atoms with Crippen molar-refractivity contribution in [3.05, 3.63) is 18.2 Å². The molecule has 19 heavy (non-hydrogen) atoms. The molecule has 5 heteroatoms. The molecule has 2 aliphatic heterocycles. The highest BCUT2D eigenvalue weighted by Crippen LogP contribution is 2.37. The molecular weight excluding hydrogens is 242 g/mol. The maximum atomic E-state index is 6.02. The summed E-state index contributed by atoms with van der Waals surface area (Å²) in [6.07, 6.45) is 7.38. The molecule has 0 unspecified atom stereocenters. The molecular formula is C14H23N3O2. The fraction of sp³-hybridized carbons (Fsp3) is 0.786. The first-order valence-corrected chi connectivity index (χ1v) is 7.08. The lowest BCUT2D eigenvalue weighted by molar-refractivity contribution is -0.143. The van der Waals surface area contributed by atoms with Crippen LogP contribution in [0, 0.1) is 0 Å². The van der Waals surface area contributed by atoms with Crippen molar-refractivity contribution in [2.75, 3.05) is 26.8 Å². The SMILES string of the molecule is CO[C@H]1CN(Cc2cncn2C)CC[C@@]12CCCO2. The van der Waals surface area contributed by atoms with Crippen LogP contribution < -0.4 is 0 Å². The molecule has 0 saturated carbocycles. The largest absolute Gasteiger partial charge is 0.377 e. The summed E-state index contributed by atoms with van der Waals surface area (Å²) in [6.45, 7) is 3.85. The first kappa shape index (κ1) is 13.1. The van der Waals surface area contributed by atoms with E-state index in [0.29, 0.717) is 0 Å². The second kappa shape index (κ2) is 5.23. The van der Waals surface area contributed by atoms with E-state index >= 15 is 0 Å². The van der Waals surface area contributed by atoms with Gasteiger partial charge in [0.05, 0.1) is 23.7 Å². The zero-order chi connectivity index (χ0) is 13.3. The number of aryl methyl sites for hydroxylation is 1. The van der Waals surface area contributed by atoms with Crippen LogP contribution in [0.1, 0.15) is 25.0 Å². The van der Waals surface area contributed by atoms with E-state index in [9.17, 15) is 0 Å². The summed E-state index contributed by atoms with van der Waals surface area (Å²) in [5, 5.41) is 0. The fourth-order valence-electron chi connectivity index (χ4n) is 3.37. The van der Waals surface area contributed by atoms with Gasteiger partial charge in [-0.2, -0.15) is 0 Å². The highest BCUT2D eigenvalue weighted by molar-refractivity contribution is 5.02. The lowest BCUT2D eigenvalue weighted by atomic mass is 9.86. The summed E-state index contributed by atoms with van der Waals surface area (Å²) in [5.41, 5.74) is 1.23. The van der Waals surface area contributed by atoms with Gasteiger partial charge in [-0.05, 0) is 19.3 Å². The third kappa shape index (κ3) is 2.42. The van der Waals surface area contributed by atoms with E-state index < -0.39 is 0 Å². The fourth-order valence-corrected chi connectivity index (χ4v) is 3.37. The lowest BCUT2D eigenvalue weighted by Crippen LogP contribution is -2.55. The number of imidazole rings is 1. The Kier molecular flexibility index (Phi) is 3.60. The van der Waals surface area contributed by atoms with E-state index in [0.717, 1.165) is 39.1 Å². The van der Waals surface area contributed by atoms with E-state index in [4.69, 9.17) is 9.47 Å². The zero-order valence-electron chi connectivity index (χ0n) is 11.8. The van der Waals surface area contributed by atoms with Crippen molar-refractivity contribution < 1.29 is 9.47 Å². The van der Waals surface area contributed by atoms with Gasteiger partial charge in [-0.15, -0.1) is 0 Å². The third-order valence-corrected chi connectivity index (χ3v) is 4.58. The number of rotatable bonds is 3. The van der Waals surface area contributed by atoms with Crippen LogP contribution in [0.25, 0.3) is 0 Å². The number of piperidine rings is 1. The van der Waals surface area contributed by atoms with Crippen molar-refractivity contribution in [2.45, 2.75) is 37.5 Å². The topological polar surface area (TPSA) is 39.5 Å². The highest BCUT2D eigenvalue weighted by atomic mass is 16.5. The average molecular weight is 265 g/mol. The average Bonchev–Trinajstić information content (AvgIpc) is 3.03. The van der Waals surface area contributed by atoms with Crippen LogP contribution in [-0.2, 0) is 23.1 Å². The maximum Gasteiger partial charge on any atom is 0.0987 e. The minimum Gasteiger partial charge on any atom is -0.377 e. The molecule has 1 aromatic heterocycles. The summed E-state index contributed by atoms with van der Waals surface area (Å²) in [4.78, 5) is 6.62. The first-order chi connectivity index (χ1) is 9.23. The Bertz CT molecular complexity index is 426. The number of nitrogens with zero attached hydrogens (tertiary/aromatic N) is 3. The van der Waals surface area contributed by atoms with E-state index in [1.807, 2.05) is 26.7 Å². The predicted molar refractivity (Wildman–Crippen MR) is 71.8 cm³/mol. The number of ether oxygens (including phenoxy) is 2. The van der Waals surface area contributed by atoms with Gasteiger partial charge in [0, 0.05) is 46.6 Å². The van der Waals surface area contributed by atoms with Crippen LogP contribution in [-0.4, -0.2) is 53.0 Å². The predicted octanol–water partition coefficient (Wildman–Crippen LogP) is 1.19. The van der Waals surface area contributed by atoms with Crippen molar-refractivity contribution in [3.8, 4) is 0 Å². The Hall–Kier alpha value is -0.910. The quantitative estimate of drug-likeness (QED) is 0.823. The Balaban J connectivity index is 1.66. The molecule has 106 valence electrons. The molecule has 2 aliphatic rings. The van der Waals surface area contributed by atoms with Gasteiger partial charge >= 0.3 is 0 Å². The van der Waals surface area contributed by atoms with Crippen LogP contribution in [0.5, 0.6) is 0 Å². The molecule has 0 aliphatic carbocycles. The number of aromatic nitrogens is 2. The molecule has 2 atom stereocenters. The Morgan fingerprint density at radius 1 is 1.53 bits per heavy atom. The molecule has 2 fully saturated rings. The minimum atomic E-state index is -0.0162. The van der Waals surface area contributed by atoms with E-state index in [1.54, 1.807) is 0 Å². The standard InChI is InChI=1S/C14H23N3O2/c1-16-11-15-8-12(16)9-17-6-5-14(4-3-7-19-14)13(10-17)18-2/h8,11,13H,3-7,9-10H2,1-2H3/t13-,14-/m0/s1. The van der Waals surface area contributed by atoms with Gasteiger partial charge in [-0.1, -0.05) is 0 Å². The Morgan fingerprint density at radius 3 is 3.05 bits per heavy atom. The van der Waals surface area contributed by atoms with Crippen molar-refractivity contribution in [1.82, 2.24) is 14.5 Å². The van der Waals surface area contributed by atoms with Gasteiger partial charge in [0.2, 0.25) is 0 Å². The van der Waals surface area contributed by atoms with Crippen molar-refractivity contribution in [2.24, 2.45) is 7.05 Å². The van der Waals surface area contributed by atoms with Gasteiger partial charge in [-0.25, -0.2) is 4.98 Å². The monoisotopic (exact) mass is 265 g/mol. The van der Waals surface area contributed by atoms with Gasteiger partial charge in [-0.3, -0.25) is 4.90 Å². The zero-order valence-corrected chi connectivity index (χ0v) is 11.8. The van der Waals surface area contributed by atoms with Gasteiger partial charge < -0.3 is 14.0 Å². The normalized spacial score (nSPS) is 32.2. The van der Waals surface area contributed by atoms with E-state index in [-0.39, 0.29) is 11.7 Å². The molecule has 0 N–H and O–H groups in total. The van der Waals surface area contributed by atoms with Crippen molar-refractivity contribution >= 4 is 0 Å². The second-order valence-electron chi connectivity index (χ2n) is 5.72. The van der Waals surface area contributed by atoms with Crippen LogP contribution in [0.3, 0.4) is 0 Å². The number of hydrogen-bond acceptors (Lipinski definition) is 4. The highest BCUT2D eigenvalue weighted by Gasteiger charge is 2.46. The van der Waals surface area contributed by atoms with E-state index in [1.165, 1.54) is 12.1 Å². The first-order valence-electron chi connectivity index (χ1n) is 7.08.